The van der Waals surface area contributed by atoms with Crippen molar-refractivity contribution in [1.82, 2.24) is 15.3 Å². The average molecular weight is 512 g/mol. The normalized spacial score (nSPS) is 16.0. The molecule has 0 aliphatic carbocycles. The minimum atomic E-state index is -4.93. The zero-order chi connectivity index (χ0) is 26.6. The lowest BCUT2D eigenvalue weighted by molar-refractivity contribution is -0.274. The van der Waals surface area contributed by atoms with E-state index in [4.69, 9.17) is 0 Å². The molecule has 3 aromatic rings. The highest BCUT2D eigenvalue weighted by Gasteiger charge is 2.39. The molecule has 1 atom stereocenters. The summed E-state index contributed by atoms with van der Waals surface area (Å²) in [7, 11) is 0. The smallest absolute Gasteiger partial charge is 0.406 e. The number of halogens is 6. The summed E-state index contributed by atoms with van der Waals surface area (Å²) in [4.78, 5) is 32.9. The maximum absolute atomic E-state index is 13.3. The molecule has 3 heterocycles. The number of ether oxygens (including phenoxy) is 1. The Labute approximate surface area is 199 Å². The highest BCUT2D eigenvalue weighted by atomic mass is 19.4. The molecule has 1 aliphatic heterocycles. The van der Waals surface area contributed by atoms with Crippen molar-refractivity contribution in [3.63, 3.8) is 0 Å². The SMILES string of the molecule is Cc1cc(OC(F)(F)F)ccc1N1c2ncc(C(F)(F)F)cc2C(=O)NC1c1cc(C)c(=O)[nH]c1C. The minimum absolute atomic E-state index is 0.146. The number of aryl methyl sites for hydroxylation is 3. The summed E-state index contributed by atoms with van der Waals surface area (Å²) in [6.45, 7) is 4.58. The number of pyridine rings is 2. The van der Waals surface area contributed by atoms with Gasteiger partial charge in [0.1, 0.15) is 17.7 Å². The van der Waals surface area contributed by atoms with Crippen LogP contribution in [0.4, 0.5) is 37.8 Å². The molecule has 36 heavy (non-hydrogen) atoms. The van der Waals surface area contributed by atoms with Crippen LogP contribution < -0.4 is 20.5 Å². The van der Waals surface area contributed by atoms with Crippen LogP contribution in [0, 0.1) is 20.8 Å². The van der Waals surface area contributed by atoms with Gasteiger partial charge in [0.2, 0.25) is 0 Å². The standard InChI is InChI=1S/C23H18F6N4O3/c1-10-6-14(36-23(27,28)29)4-5-17(10)33-18-16(8-13(9-30-18)22(24,25)26)21(35)32-19(33)15-7-11(2)20(34)31-12(15)3/h4-9,19H,1-3H3,(H,31,34)(H,32,35). The number of rotatable bonds is 3. The first-order chi connectivity index (χ1) is 16.7. The summed E-state index contributed by atoms with van der Waals surface area (Å²) in [5, 5.41) is 2.63. The van der Waals surface area contributed by atoms with Crippen LogP contribution in [0.15, 0.2) is 41.3 Å². The van der Waals surface area contributed by atoms with Gasteiger partial charge < -0.3 is 19.9 Å². The number of fused-ring (bicyclic) bond motifs is 1. The summed E-state index contributed by atoms with van der Waals surface area (Å²) >= 11 is 0. The molecule has 7 nitrogen and oxygen atoms in total. The quantitative estimate of drug-likeness (QED) is 0.472. The summed E-state index contributed by atoms with van der Waals surface area (Å²) in [6.07, 6.45) is -10.2. The number of hydrogen-bond donors (Lipinski definition) is 2. The Bertz CT molecular complexity index is 1410. The first kappa shape index (κ1) is 25.1. The number of anilines is 2. The van der Waals surface area contributed by atoms with Gasteiger partial charge in [-0.25, -0.2) is 4.98 Å². The zero-order valence-electron chi connectivity index (χ0n) is 18.9. The second-order valence-electron chi connectivity index (χ2n) is 8.20. The summed E-state index contributed by atoms with van der Waals surface area (Å²) in [6, 6.07) is 5.58. The van der Waals surface area contributed by atoms with Crippen molar-refractivity contribution in [3.8, 4) is 5.75 Å². The molecule has 2 aromatic heterocycles. The molecular formula is C23H18F6N4O3. The Hall–Kier alpha value is -4.03. The average Bonchev–Trinajstić information content (AvgIpc) is 2.75. The van der Waals surface area contributed by atoms with E-state index < -0.39 is 35.9 Å². The molecular weight excluding hydrogens is 494 g/mol. The van der Waals surface area contributed by atoms with Crippen molar-refractivity contribution in [3.05, 3.63) is 80.4 Å². The van der Waals surface area contributed by atoms with Crippen molar-refractivity contribution < 1.29 is 35.9 Å². The van der Waals surface area contributed by atoms with Crippen LogP contribution in [0.3, 0.4) is 0 Å². The fourth-order valence-electron chi connectivity index (χ4n) is 3.96. The molecule has 0 radical (unpaired) electrons. The van der Waals surface area contributed by atoms with Crippen LogP contribution in [0.2, 0.25) is 0 Å². The molecule has 1 unspecified atom stereocenters. The van der Waals surface area contributed by atoms with E-state index in [9.17, 15) is 35.9 Å². The monoisotopic (exact) mass is 512 g/mol. The van der Waals surface area contributed by atoms with Crippen LogP contribution in [-0.4, -0.2) is 22.2 Å². The number of nitrogens with zero attached hydrogens (tertiary/aromatic N) is 2. The largest absolute Gasteiger partial charge is 0.573 e. The summed E-state index contributed by atoms with van der Waals surface area (Å²) in [5.74, 6) is -1.49. The van der Waals surface area contributed by atoms with Gasteiger partial charge >= 0.3 is 12.5 Å². The third-order valence-corrected chi connectivity index (χ3v) is 5.61. The molecule has 1 aliphatic rings. The van der Waals surface area contributed by atoms with E-state index in [0.717, 1.165) is 12.1 Å². The Morgan fingerprint density at radius 3 is 2.28 bits per heavy atom. The number of amides is 1. The number of aromatic nitrogens is 2. The first-order valence-electron chi connectivity index (χ1n) is 10.4. The van der Waals surface area contributed by atoms with Crippen LogP contribution in [0.5, 0.6) is 5.75 Å². The van der Waals surface area contributed by atoms with Gasteiger partial charge in [0.15, 0.2) is 0 Å². The topological polar surface area (TPSA) is 87.3 Å². The van der Waals surface area contributed by atoms with E-state index in [1.165, 1.54) is 30.9 Å². The van der Waals surface area contributed by atoms with Crippen molar-refractivity contribution in [2.45, 2.75) is 39.5 Å². The fraction of sp³-hybridized carbons (Fsp3) is 0.261. The maximum Gasteiger partial charge on any atom is 0.573 e. The number of alkyl halides is 6. The number of carbonyl (C=O) groups excluding carboxylic acids is 1. The van der Waals surface area contributed by atoms with Gasteiger partial charge in [-0.1, -0.05) is 0 Å². The molecule has 0 saturated heterocycles. The van der Waals surface area contributed by atoms with Gasteiger partial charge in [-0.2, -0.15) is 13.2 Å². The number of benzene rings is 1. The van der Waals surface area contributed by atoms with Crippen molar-refractivity contribution in [2.24, 2.45) is 0 Å². The van der Waals surface area contributed by atoms with Gasteiger partial charge in [0.05, 0.1) is 11.1 Å². The van der Waals surface area contributed by atoms with Crippen molar-refractivity contribution in [2.75, 3.05) is 4.90 Å². The van der Waals surface area contributed by atoms with E-state index in [0.29, 0.717) is 29.1 Å². The highest BCUT2D eigenvalue weighted by Crippen LogP contribution is 2.42. The van der Waals surface area contributed by atoms with Crippen LogP contribution >= 0.6 is 0 Å². The van der Waals surface area contributed by atoms with E-state index in [2.05, 4.69) is 20.0 Å². The maximum atomic E-state index is 13.3. The van der Waals surface area contributed by atoms with Gasteiger partial charge in [-0.3, -0.25) is 9.59 Å². The lowest BCUT2D eigenvalue weighted by Gasteiger charge is -2.39. The summed E-state index contributed by atoms with van der Waals surface area (Å²) in [5.41, 5.74) is -0.319. The third-order valence-electron chi connectivity index (χ3n) is 5.61. The number of hydrogen-bond acceptors (Lipinski definition) is 5. The van der Waals surface area contributed by atoms with E-state index in [1.54, 1.807) is 6.92 Å². The van der Waals surface area contributed by atoms with Gasteiger partial charge in [0, 0.05) is 28.7 Å². The van der Waals surface area contributed by atoms with Gasteiger partial charge in [0.25, 0.3) is 11.5 Å². The molecule has 13 heteroatoms. The van der Waals surface area contributed by atoms with E-state index >= 15 is 0 Å². The van der Waals surface area contributed by atoms with Gasteiger partial charge in [-0.15, -0.1) is 13.2 Å². The Morgan fingerprint density at radius 1 is 0.972 bits per heavy atom. The fourth-order valence-corrected chi connectivity index (χ4v) is 3.96. The highest BCUT2D eigenvalue weighted by molar-refractivity contribution is 6.02. The molecule has 0 saturated carbocycles. The number of aromatic amines is 1. The molecule has 1 amide bonds. The Morgan fingerprint density at radius 2 is 1.67 bits per heavy atom. The molecule has 2 N–H and O–H groups in total. The predicted octanol–water partition coefficient (Wildman–Crippen LogP) is 5.19. The minimum Gasteiger partial charge on any atom is -0.406 e. The third kappa shape index (κ3) is 4.72. The Kier molecular flexibility index (Phi) is 5.97. The molecule has 0 spiro atoms. The number of H-pyrrole nitrogens is 1. The zero-order valence-corrected chi connectivity index (χ0v) is 18.9. The lowest BCUT2D eigenvalue weighted by atomic mass is 10.0. The summed E-state index contributed by atoms with van der Waals surface area (Å²) < 4.78 is 81.9. The number of nitrogens with one attached hydrogen (secondary N) is 2. The van der Waals surface area contributed by atoms with Crippen LogP contribution in [0.1, 0.15) is 44.5 Å². The molecule has 190 valence electrons. The molecule has 0 fully saturated rings. The van der Waals surface area contributed by atoms with Crippen LogP contribution in [-0.2, 0) is 6.18 Å². The van der Waals surface area contributed by atoms with Gasteiger partial charge in [-0.05, 0) is 56.7 Å². The molecule has 0 bridgehead atoms. The second-order valence-corrected chi connectivity index (χ2v) is 8.20. The van der Waals surface area contributed by atoms with E-state index in [1.807, 2.05) is 0 Å². The Balaban J connectivity index is 1.93. The molecule has 4 rings (SSSR count). The van der Waals surface area contributed by atoms with Crippen molar-refractivity contribution in [1.29, 1.82) is 0 Å². The van der Waals surface area contributed by atoms with E-state index in [-0.39, 0.29) is 28.2 Å². The van der Waals surface area contributed by atoms with Crippen LogP contribution in [0.25, 0.3) is 0 Å². The first-order valence-corrected chi connectivity index (χ1v) is 10.4. The number of carbonyl (C=O) groups is 1. The molecule has 1 aromatic carbocycles. The van der Waals surface area contributed by atoms with Crippen molar-refractivity contribution >= 4 is 17.4 Å². The lowest BCUT2D eigenvalue weighted by Crippen LogP contribution is -2.45. The second kappa shape index (κ2) is 8.57. The predicted molar refractivity (Wildman–Crippen MR) is 116 cm³/mol.